The highest BCUT2D eigenvalue weighted by Gasteiger charge is 2.44. The van der Waals surface area contributed by atoms with E-state index in [0.717, 1.165) is 33.3 Å². The van der Waals surface area contributed by atoms with Gasteiger partial charge in [0.1, 0.15) is 6.04 Å². The zero-order chi connectivity index (χ0) is 27.6. The lowest BCUT2D eigenvalue weighted by Crippen LogP contribution is -2.42. The number of ether oxygens (including phenoxy) is 1. The molecule has 9 nitrogen and oxygen atoms in total. The van der Waals surface area contributed by atoms with Gasteiger partial charge in [-0.2, -0.15) is 0 Å². The Morgan fingerprint density at radius 3 is 2.16 bits per heavy atom. The van der Waals surface area contributed by atoms with Crippen molar-refractivity contribution >= 4 is 34.7 Å². The first-order chi connectivity index (χ1) is 18.1. The molecule has 194 valence electrons. The Hall–Kier alpha value is -4.92. The number of para-hydroxylation sites is 1. The number of hydrogen-bond donors (Lipinski definition) is 3. The molecule has 0 radical (unpaired) electrons. The van der Waals surface area contributed by atoms with Crippen LogP contribution in [0.2, 0.25) is 0 Å². The van der Waals surface area contributed by atoms with Crippen LogP contribution in [0, 0.1) is 6.92 Å². The summed E-state index contributed by atoms with van der Waals surface area (Å²) in [5.74, 6) is -4.25. The molecule has 0 spiro atoms. The molecule has 38 heavy (non-hydrogen) atoms. The largest absolute Gasteiger partial charge is 0.473 e. The van der Waals surface area contributed by atoms with Gasteiger partial charge in [-0.25, -0.2) is 14.4 Å². The van der Waals surface area contributed by atoms with E-state index in [0.29, 0.717) is 5.56 Å². The van der Waals surface area contributed by atoms with E-state index in [4.69, 9.17) is 24.5 Å². The summed E-state index contributed by atoms with van der Waals surface area (Å²) in [6.45, 7) is 3.78. The highest BCUT2D eigenvalue weighted by atomic mass is 16.5. The molecule has 9 heteroatoms. The molecule has 0 saturated heterocycles. The molecule has 3 N–H and O–H groups in total. The minimum atomic E-state index is -1.82. The summed E-state index contributed by atoms with van der Waals surface area (Å²) < 4.78 is 5.01. The predicted molar refractivity (Wildman–Crippen MR) is 140 cm³/mol. The maximum absolute atomic E-state index is 13.5. The number of benzene rings is 3. The van der Waals surface area contributed by atoms with Gasteiger partial charge in [0.15, 0.2) is 0 Å². The molecule has 1 amide bonds. The summed E-state index contributed by atoms with van der Waals surface area (Å²) in [5, 5.41) is 15.8. The van der Waals surface area contributed by atoms with Crippen LogP contribution in [0.15, 0.2) is 72.8 Å². The Bertz CT molecular complexity index is 1530. The summed E-state index contributed by atoms with van der Waals surface area (Å²) in [6, 6.07) is 22.9. The first kappa shape index (κ1) is 26.2. The third-order valence-corrected chi connectivity index (χ3v) is 6.50. The van der Waals surface area contributed by atoms with Crippen molar-refractivity contribution < 1.29 is 34.1 Å². The standard InChI is InChI=1S/C27H24N2O3.C2H2O4/c1-16-12-14-18(15-13-16)24-23(21-10-6-7-11-22(21)28-24)25-19-8-4-5-9-20(19)26(30)29(25)17(2)27(31)32-3;3-1(4)2(5)6/h4-15,17,25,28H,1-3H3;(H,3,4)(H,5,6). The molecule has 1 aliphatic heterocycles. The van der Waals surface area contributed by atoms with Crippen molar-refractivity contribution in [2.45, 2.75) is 25.9 Å². The zero-order valence-corrected chi connectivity index (χ0v) is 21.0. The molecule has 5 rings (SSSR count). The van der Waals surface area contributed by atoms with Gasteiger partial charge in [0.05, 0.1) is 18.8 Å². The van der Waals surface area contributed by atoms with Gasteiger partial charge < -0.3 is 24.8 Å². The monoisotopic (exact) mass is 514 g/mol. The number of H-pyrrole nitrogens is 1. The number of esters is 1. The lowest BCUT2D eigenvalue weighted by molar-refractivity contribution is -0.159. The molecular formula is C29H26N2O7. The number of carbonyl (C=O) groups excluding carboxylic acids is 2. The molecule has 2 atom stereocenters. The first-order valence-corrected chi connectivity index (χ1v) is 11.8. The van der Waals surface area contributed by atoms with Crippen molar-refractivity contribution in [2.24, 2.45) is 0 Å². The van der Waals surface area contributed by atoms with Crippen LogP contribution < -0.4 is 0 Å². The van der Waals surface area contributed by atoms with E-state index >= 15 is 0 Å². The van der Waals surface area contributed by atoms with E-state index in [1.54, 1.807) is 11.8 Å². The molecule has 1 aromatic heterocycles. The number of hydrogen-bond acceptors (Lipinski definition) is 5. The fraction of sp³-hybridized carbons (Fsp3) is 0.172. The third-order valence-electron chi connectivity index (χ3n) is 6.50. The number of aromatic amines is 1. The van der Waals surface area contributed by atoms with Crippen molar-refractivity contribution in [3.05, 3.63) is 95.1 Å². The molecule has 0 aliphatic carbocycles. The van der Waals surface area contributed by atoms with Crippen LogP contribution in [0.4, 0.5) is 0 Å². The van der Waals surface area contributed by atoms with E-state index in [-0.39, 0.29) is 5.91 Å². The highest BCUT2D eigenvalue weighted by molar-refractivity contribution is 6.27. The number of carboxylic acids is 2. The topological polar surface area (TPSA) is 137 Å². The van der Waals surface area contributed by atoms with Gasteiger partial charge >= 0.3 is 17.9 Å². The van der Waals surface area contributed by atoms with Crippen molar-refractivity contribution in [1.82, 2.24) is 9.88 Å². The average Bonchev–Trinajstić information content (AvgIpc) is 3.43. The molecule has 2 heterocycles. The van der Waals surface area contributed by atoms with E-state index < -0.39 is 30.0 Å². The Labute approximate surface area is 218 Å². The molecule has 4 aromatic rings. The summed E-state index contributed by atoms with van der Waals surface area (Å²) in [7, 11) is 1.35. The number of carboxylic acid groups (broad SMARTS) is 2. The van der Waals surface area contributed by atoms with E-state index in [1.165, 1.54) is 12.7 Å². The lowest BCUT2D eigenvalue weighted by atomic mass is 9.92. The maximum Gasteiger partial charge on any atom is 0.414 e. The van der Waals surface area contributed by atoms with Crippen molar-refractivity contribution in [2.75, 3.05) is 7.11 Å². The Balaban J connectivity index is 0.000000505. The van der Waals surface area contributed by atoms with Gasteiger partial charge in [-0.3, -0.25) is 4.79 Å². The van der Waals surface area contributed by atoms with Gasteiger partial charge in [0.25, 0.3) is 5.91 Å². The smallest absolute Gasteiger partial charge is 0.414 e. The highest BCUT2D eigenvalue weighted by Crippen LogP contribution is 2.46. The second-order valence-electron chi connectivity index (χ2n) is 8.84. The normalized spacial score (nSPS) is 14.9. The first-order valence-electron chi connectivity index (χ1n) is 11.8. The zero-order valence-electron chi connectivity index (χ0n) is 21.0. The SMILES string of the molecule is COC(=O)C(C)N1C(=O)c2ccccc2C1c1c(-c2ccc(C)cc2)[nH]c2ccccc12.O=C(O)C(=O)O. The summed E-state index contributed by atoms with van der Waals surface area (Å²) in [5.41, 5.74) is 6.64. The van der Waals surface area contributed by atoms with Gasteiger partial charge in [0.2, 0.25) is 0 Å². The van der Waals surface area contributed by atoms with Crippen LogP contribution in [-0.4, -0.2) is 57.1 Å². The number of aromatic nitrogens is 1. The van der Waals surface area contributed by atoms with Crippen LogP contribution in [-0.2, 0) is 19.1 Å². The third kappa shape index (κ3) is 4.73. The molecule has 0 bridgehead atoms. The van der Waals surface area contributed by atoms with Gasteiger partial charge in [-0.05, 0) is 37.1 Å². The number of nitrogens with zero attached hydrogens (tertiary/aromatic N) is 1. The molecule has 0 fully saturated rings. The molecule has 3 aromatic carbocycles. The molecular weight excluding hydrogens is 488 g/mol. The van der Waals surface area contributed by atoms with Crippen molar-refractivity contribution in [3.8, 4) is 11.3 Å². The molecule has 2 unspecified atom stereocenters. The number of carbonyl (C=O) groups is 4. The van der Waals surface area contributed by atoms with Crippen molar-refractivity contribution in [3.63, 3.8) is 0 Å². The molecule has 1 aliphatic rings. The van der Waals surface area contributed by atoms with Gasteiger partial charge in [-0.15, -0.1) is 0 Å². The van der Waals surface area contributed by atoms with Gasteiger partial charge in [-0.1, -0.05) is 66.2 Å². The quantitative estimate of drug-likeness (QED) is 0.271. The second-order valence-corrected chi connectivity index (χ2v) is 8.84. The lowest BCUT2D eigenvalue weighted by Gasteiger charge is -2.30. The van der Waals surface area contributed by atoms with E-state index in [2.05, 4.69) is 42.2 Å². The summed E-state index contributed by atoms with van der Waals surface area (Å²) in [6.07, 6.45) is 0. The maximum atomic E-state index is 13.5. The number of nitrogens with one attached hydrogen (secondary N) is 1. The number of rotatable bonds is 4. The van der Waals surface area contributed by atoms with E-state index in [9.17, 15) is 9.59 Å². The fourth-order valence-electron chi connectivity index (χ4n) is 4.71. The van der Waals surface area contributed by atoms with Crippen LogP contribution in [0.5, 0.6) is 0 Å². The summed E-state index contributed by atoms with van der Waals surface area (Å²) in [4.78, 5) is 49.5. The minimum Gasteiger partial charge on any atom is -0.473 e. The fourth-order valence-corrected chi connectivity index (χ4v) is 4.71. The summed E-state index contributed by atoms with van der Waals surface area (Å²) >= 11 is 0. The molecule has 0 saturated carbocycles. The Morgan fingerprint density at radius 2 is 1.53 bits per heavy atom. The number of aliphatic carboxylic acids is 2. The minimum absolute atomic E-state index is 0.163. The van der Waals surface area contributed by atoms with Crippen LogP contribution in [0.25, 0.3) is 22.2 Å². The predicted octanol–water partition coefficient (Wildman–Crippen LogP) is 4.41. The number of methoxy groups -OCH3 is 1. The Morgan fingerprint density at radius 1 is 0.921 bits per heavy atom. The van der Waals surface area contributed by atoms with Crippen LogP contribution in [0.3, 0.4) is 0 Å². The number of aryl methyl sites for hydroxylation is 1. The van der Waals surface area contributed by atoms with E-state index in [1.807, 2.05) is 42.5 Å². The Kier molecular flexibility index (Phi) is 7.29. The second kappa shape index (κ2) is 10.6. The average molecular weight is 515 g/mol. The number of fused-ring (bicyclic) bond motifs is 2. The van der Waals surface area contributed by atoms with Crippen LogP contribution in [0.1, 0.15) is 40.0 Å². The van der Waals surface area contributed by atoms with Gasteiger partial charge in [0, 0.05) is 22.0 Å². The van der Waals surface area contributed by atoms with Crippen molar-refractivity contribution in [1.29, 1.82) is 0 Å². The van der Waals surface area contributed by atoms with Crippen LogP contribution >= 0.6 is 0 Å². The number of amides is 1.